The van der Waals surface area contributed by atoms with Crippen LogP contribution in [0.2, 0.25) is 10.0 Å². The molecule has 1 aromatic heterocycles. The number of anilines is 1. The van der Waals surface area contributed by atoms with Crippen LogP contribution in [-0.4, -0.2) is 28.0 Å². The Morgan fingerprint density at radius 3 is 2.86 bits per heavy atom. The molecule has 29 heavy (non-hydrogen) atoms. The highest BCUT2D eigenvalue weighted by atomic mass is 35.5. The third-order valence-corrected chi connectivity index (χ3v) is 6.50. The predicted octanol–water partition coefficient (Wildman–Crippen LogP) is 5.14. The molecular weight excluding hydrogens is 429 g/mol. The van der Waals surface area contributed by atoms with Crippen LogP contribution < -0.4 is 5.73 Å². The van der Waals surface area contributed by atoms with E-state index in [2.05, 4.69) is 11.1 Å². The molecule has 2 heterocycles. The number of nitrogens with zero attached hydrogens (tertiary/aromatic N) is 2. The Kier molecular flexibility index (Phi) is 6.08. The molecule has 0 spiro atoms. The lowest BCUT2D eigenvalue weighted by atomic mass is 10.1. The van der Waals surface area contributed by atoms with Crippen LogP contribution in [0.25, 0.3) is 0 Å². The van der Waals surface area contributed by atoms with E-state index in [0.29, 0.717) is 23.2 Å². The molecule has 0 bridgehead atoms. The van der Waals surface area contributed by atoms with Gasteiger partial charge in [-0.25, -0.2) is 4.98 Å². The molecule has 3 aromatic rings. The number of nitrogens with two attached hydrogens (primary N) is 1. The third kappa shape index (κ3) is 4.57. The van der Waals surface area contributed by atoms with Crippen LogP contribution in [0.15, 0.2) is 60.0 Å². The topological polar surface area (TPSA) is 62.3 Å². The number of ether oxygens (including phenoxy) is 2. The van der Waals surface area contributed by atoms with Crippen LogP contribution >= 0.6 is 35.0 Å². The Bertz CT molecular complexity index is 1000. The number of aryl methyl sites for hydroxylation is 1. The standard InChI is InChI=1S/C21H21Cl2N3O2S/c1-14-8-17(3-5-20(14)24)29-11-16-10-27-21(28-16,12-26-7-6-25-13-26)18-4-2-15(22)9-19(18)23/h2-9,13,16H,10-12,24H2,1H3. The second-order valence-electron chi connectivity index (χ2n) is 6.99. The zero-order valence-electron chi connectivity index (χ0n) is 15.8. The van der Waals surface area contributed by atoms with Crippen molar-refractivity contribution in [1.29, 1.82) is 0 Å². The smallest absolute Gasteiger partial charge is 0.215 e. The molecule has 5 nitrogen and oxygen atoms in total. The lowest BCUT2D eigenvalue weighted by molar-refractivity contribution is -0.184. The number of hydrogen-bond acceptors (Lipinski definition) is 5. The van der Waals surface area contributed by atoms with Gasteiger partial charge in [-0.15, -0.1) is 11.8 Å². The van der Waals surface area contributed by atoms with Crippen LogP contribution in [0.3, 0.4) is 0 Å². The summed E-state index contributed by atoms with van der Waals surface area (Å²) >= 11 is 14.3. The fraction of sp³-hybridized carbons (Fsp3) is 0.286. The number of rotatable bonds is 6. The first-order valence-electron chi connectivity index (χ1n) is 9.17. The van der Waals surface area contributed by atoms with Gasteiger partial charge in [-0.05, 0) is 42.8 Å². The van der Waals surface area contributed by atoms with Crippen molar-refractivity contribution in [2.75, 3.05) is 18.1 Å². The molecule has 152 valence electrons. The molecule has 8 heteroatoms. The number of halogens is 2. The van der Waals surface area contributed by atoms with E-state index >= 15 is 0 Å². The first kappa shape index (κ1) is 20.6. The minimum atomic E-state index is -0.995. The lowest BCUT2D eigenvalue weighted by Crippen LogP contribution is -2.34. The van der Waals surface area contributed by atoms with Crippen LogP contribution in [0.5, 0.6) is 0 Å². The van der Waals surface area contributed by atoms with Crippen molar-refractivity contribution in [1.82, 2.24) is 9.55 Å². The van der Waals surface area contributed by atoms with Crippen LogP contribution in [0.1, 0.15) is 11.1 Å². The molecule has 1 aliphatic rings. The second-order valence-corrected chi connectivity index (χ2v) is 8.93. The first-order chi connectivity index (χ1) is 13.9. The van der Waals surface area contributed by atoms with E-state index in [4.69, 9.17) is 38.4 Å². The Labute approximate surface area is 184 Å². The molecule has 0 aliphatic carbocycles. The van der Waals surface area contributed by atoms with Crippen LogP contribution in [-0.2, 0) is 21.8 Å². The number of aromatic nitrogens is 2. The fourth-order valence-corrected chi connectivity index (χ4v) is 4.82. The molecule has 0 amide bonds. The summed E-state index contributed by atoms with van der Waals surface area (Å²) in [4.78, 5) is 5.27. The molecule has 0 radical (unpaired) electrons. The molecule has 1 saturated heterocycles. The van der Waals surface area contributed by atoms with Crippen molar-refractivity contribution in [3.05, 3.63) is 76.3 Å². The Hall–Kier alpha value is -1.70. The van der Waals surface area contributed by atoms with Crippen LogP contribution in [0.4, 0.5) is 5.69 Å². The summed E-state index contributed by atoms with van der Waals surface area (Å²) in [5, 5.41) is 1.08. The van der Waals surface area contributed by atoms with E-state index in [0.717, 1.165) is 27.5 Å². The molecule has 4 rings (SSSR count). The lowest BCUT2D eigenvalue weighted by Gasteiger charge is -2.30. The third-order valence-electron chi connectivity index (χ3n) is 4.83. The van der Waals surface area contributed by atoms with Gasteiger partial charge in [0.2, 0.25) is 5.79 Å². The number of benzene rings is 2. The van der Waals surface area contributed by atoms with E-state index in [-0.39, 0.29) is 6.10 Å². The van der Waals surface area contributed by atoms with Gasteiger partial charge in [-0.1, -0.05) is 29.3 Å². The Morgan fingerprint density at radius 1 is 1.28 bits per heavy atom. The van der Waals surface area contributed by atoms with Crippen molar-refractivity contribution in [3.63, 3.8) is 0 Å². The highest BCUT2D eigenvalue weighted by Gasteiger charge is 2.45. The quantitative estimate of drug-likeness (QED) is 0.416. The second kappa shape index (κ2) is 8.58. The zero-order valence-corrected chi connectivity index (χ0v) is 18.2. The van der Waals surface area contributed by atoms with Gasteiger partial charge in [0.25, 0.3) is 0 Å². The summed E-state index contributed by atoms with van der Waals surface area (Å²) in [6.07, 6.45) is 5.24. The largest absolute Gasteiger partial charge is 0.399 e. The van der Waals surface area contributed by atoms with Crippen molar-refractivity contribution < 1.29 is 9.47 Å². The molecular formula is C21H21Cl2N3O2S. The van der Waals surface area contributed by atoms with Gasteiger partial charge in [0.05, 0.1) is 30.6 Å². The van der Waals surface area contributed by atoms with E-state index < -0.39 is 5.79 Å². The van der Waals surface area contributed by atoms with Gasteiger partial charge in [0.15, 0.2) is 0 Å². The van der Waals surface area contributed by atoms with Crippen molar-refractivity contribution in [3.8, 4) is 0 Å². The van der Waals surface area contributed by atoms with Gasteiger partial charge in [0, 0.05) is 39.3 Å². The normalized spacial score (nSPS) is 21.6. The minimum Gasteiger partial charge on any atom is -0.399 e. The van der Waals surface area contributed by atoms with Gasteiger partial charge in [0.1, 0.15) is 0 Å². The summed E-state index contributed by atoms with van der Waals surface area (Å²) in [7, 11) is 0. The number of hydrogen-bond donors (Lipinski definition) is 1. The molecule has 2 unspecified atom stereocenters. The molecule has 2 aromatic carbocycles. The Balaban J connectivity index is 1.54. The fourth-order valence-electron chi connectivity index (χ4n) is 3.30. The summed E-state index contributed by atoms with van der Waals surface area (Å²) in [5.41, 5.74) is 8.54. The van der Waals surface area contributed by atoms with E-state index in [1.54, 1.807) is 36.4 Å². The zero-order chi connectivity index (χ0) is 20.4. The summed E-state index contributed by atoms with van der Waals surface area (Å²) < 4.78 is 14.6. The molecule has 2 N–H and O–H groups in total. The van der Waals surface area contributed by atoms with Gasteiger partial charge in [-0.3, -0.25) is 0 Å². The molecule has 0 saturated carbocycles. The molecule has 2 atom stereocenters. The van der Waals surface area contributed by atoms with Crippen molar-refractivity contribution in [2.45, 2.75) is 30.3 Å². The van der Waals surface area contributed by atoms with E-state index in [1.165, 1.54) is 0 Å². The van der Waals surface area contributed by atoms with Gasteiger partial charge in [-0.2, -0.15) is 0 Å². The van der Waals surface area contributed by atoms with Crippen LogP contribution in [0, 0.1) is 6.92 Å². The van der Waals surface area contributed by atoms with E-state index in [1.807, 2.05) is 35.9 Å². The monoisotopic (exact) mass is 449 g/mol. The summed E-state index contributed by atoms with van der Waals surface area (Å²) in [6, 6.07) is 11.4. The highest BCUT2D eigenvalue weighted by Crippen LogP contribution is 2.41. The van der Waals surface area contributed by atoms with Crippen molar-refractivity contribution in [2.24, 2.45) is 0 Å². The maximum atomic E-state index is 6.51. The molecule has 1 fully saturated rings. The Morgan fingerprint density at radius 2 is 2.14 bits per heavy atom. The maximum Gasteiger partial charge on any atom is 0.215 e. The summed E-state index contributed by atoms with van der Waals surface area (Å²) in [6.45, 7) is 2.92. The van der Waals surface area contributed by atoms with Gasteiger partial charge < -0.3 is 19.8 Å². The highest BCUT2D eigenvalue weighted by molar-refractivity contribution is 7.99. The average Bonchev–Trinajstić information content (AvgIpc) is 3.33. The van der Waals surface area contributed by atoms with Gasteiger partial charge >= 0.3 is 0 Å². The van der Waals surface area contributed by atoms with Crippen molar-refractivity contribution >= 4 is 40.7 Å². The minimum absolute atomic E-state index is 0.0897. The number of thioether (sulfide) groups is 1. The maximum absolute atomic E-state index is 6.51. The molecule has 1 aliphatic heterocycles. The first-order valence-corrected chi connectivity index (χ1v) is 10.9. The number of nitrogen functional groups attached to an aromatic ring is 1. The average molecular weight is 450 g/mol. The summed E-state index contributed by atoms with van der Waals surface area (Å²) in [5.74, 6) is -0.245. The van der Waals surface area contributed by atoms with E-state index in [9.17, 15) is 0 Å². The predicted molar refractivity (Wildman–Crippen MR) is 118 cm³/mol. The SMILES string of the molecule is Cc1cc(SCC2COC(Cn3ccnc3)(c3ccc(Cl)cc3Cl)O2)ccc1N. The number of imidazole rings is 1.